The number of benzene rings is 2. The maximum atomic E-state index is 12.2. The number of anilines is 1. The molecule has 2 nitrogen and oxygen atoms in total. The average molecular weight is 334 g/mol. The molecular formula is C14H11ClF3NOS. The molecule has 0 bridgehead atoms. The summed E-state index contributed by atoms with van der Waals surface area (Å²) in [7, 11) is 0. The molecule has 0 aliphatic carbocycles. The predicted octanol–water partition coefficient (Wildman–Crippen LogP) is 5.11. The van der Waals surface area contributed by atoms with Gasteiger partial charge in [0.15, 0.2) is 0 Å². The third-order valence-corrected chi connectivity index (χ3v) is 3.60. The molecule has 0 unspecified atom stereocenters. The van der Waals surface area contributed by atoms with Gasteiger partial charge in [0.2, 0.25) is 0 Å². The molecular weight excluding hydrogens is 323 g/mol. The maximum Gasteiger partial charge on any atom is 0.446 e. The summed E-state index contributed by atoms with van der Waals surface area (Å²) in [5.74, 6) is 0.544. The third-order valence-electron chi connectivity index (χ3n) is 2.53. The van der Waals surface area contributed by atoms with E-state index in [2.05, 4.69) is 0 Å². The summed E-state index contributed by atoms with van der Waals surface area (Å²) in [6, 6.07) is 10.9. The van der Waals surface area contributed by atoms with Gasteiger partial charge in [0.05, 0.1) is 10.7 Å². The van der Waals surface area contributed by atoms with E-state index in [4.69, 9.17) is 22.1 Å². The Labute approximate surface area is 129 Å². The SMILES string of the molecule is Nc1ccc(OCc2ccc(SC(F)(F)F)cc2)cc1Cl. The van der Waals surface area contributed by atoms with Crippen LogP contribution in [0.5, 0.6) is 5.75 Å². The zero-order valence-corrected chi connectivity index (χ0v) is 12.2. The molecule has 112 valence electrons. The van der Waals surface area contributed by atoms with Crippen LogP contribution in [0.25, 0.3) is 0 Å². The first-order chi connectivity index (χ1) is 9.83. The first kappa shape index (κ1) is 15.9. The topological polar surface area (TPSA) is 35.2 Å². The molecule has 21 heavy (non-hydrogen) atoms. The second-order valence-corrected chi connectivity index (χ2v) is 5.71. The van der Waals surface area contributed by atoms with Crippen LogP contribution in [0.1, 0.15) is 5.56 Å². The number of nitrogens with two attached hydrogens (primary N) is 1. The van der Waals surface area contributed by atoms with Gasteiger partial charge in [-0.2, -0.15) is 13.2 Å². The minimum Gasteiger partial charge on any atom is -0.489 e. The van der Waals surface area contributed by atoms with Gasteiger partial charge in [0.1, 0.15) is 12.4 Å². The second kappa shape index (κ2) is 6.49. The monoisotopic (exact) mass is 333 g/mol. The zero-order valence-electron chi connectivity index (χ0n) is 10.7. The largest absolute Gasteiger partial charge is 0.489 e. The normalized spacial score (nSPS) is 11.4. The summed E-state index contributed by atoms with van der Waals surface area (Å²) >= 11 is 5.72. The van der Waals surface area contributed by atoms with E-state index in [0.717, 1.165) is 5.56 Å². The summed E-state index contributed by atoms with van der Waals surface area (Å²) in [6.07, 6.45) is 0. The second-order valence-electron chi connectivity index (χ2n) is 4.16. The fourth-order valence-corrected chi connectivity index (χ4v) is 2.26. The minimum absolute atomic E-state index is 0.141. The number of halogens is 4. The van der Waals surface area contributed by atoms with Gasteiger partial charge in [0, 0.05) is 11.0 Å². The molecule has 0 saturated carbocycles. The van der Waals surface area contributed by atoms with Gasteiger partial charge in [-0.25, -0.2) is 0 Å². The molecule has 0 fully saturated rings. The lowest BCUT2D eigenvalue weighted by Crippen LogP contribution is -1.99. The minimum atomic E-state index is -4.28. The summed E-state index contributed by atoms with van der Waals surface area (Å²) < 4.78 is 42.1. The Bertz CT molecular complexity index is 617. The Morgan fingerprint density at radius 3 is 2.33 bits per heavy atom. The van der Waals surface area contributed by atoms with Gasteiger partial charge in [-0.3, -0.25) is 0 Å². The Morgan fingerprint density at radius 1 is 1.10 bits per heavy atom. The van der Waals surface area contributed by atoms with Crippen LogP contribution in [-0.2, 0) is 6.61 Å². The number of hydrogen-bond acceptors (Lipinski definition) is 3. The Morgan fingerprint density at radius 2 is 1.76 bits per heavy atom. The van der Waals surface area contributed by atoms with Crippen LogP contribution in [0.2, 0.25) is 5.02 Å². The van der Waals surface area contributed by atoms with Gasteiger partial charge >= 0.3 is 5.51 Å². The van der Waals surface area contributed by atoms with Crippen molar-refractivity contribution in [3.8, 4) is 5.75 Å². The van der Waals surface area contributed by atoms with Crippen LogP contribution in [-0.4, -0.2) is 5.51 Å². The molecule has 0 atom stereocenters. The number of nitrogen functional groups attached to an aromatic ring is 1. The predicted molar refractivity (Wildman–Crippen MR) is 78.6 cm³/mol. The van der Waals surface area contributed by atoms with Gasteiger partial charge in [0.25, 0.3) is 0 Å². The smallest absolute Gasteiger partial charge is 0.446 e. The highest BCUT2D eigenvalue weighted by atomic mass is 35.5. The van der Waals surface area contributed by atoms with Crippen molar-refractivity contribution >= 4 is 29.1 Å². The van der Waals surface area contributed by atoms with Crippen LogP contribution in [0.4, 0.5) is 18.9 Å². The van der Waals surface area contributed by atoms with E-state index in [0.29, 0.717) is 16.5 Å². The van der Waals surface area contributed by atoms with E-state index in [9.17, 15) is 13.2 Å². The Hall–Kier alpha value is -1.53. The lowest BCUT2D eigenvalue weighted by molar-refractivity contribution is -0.0328. The van der Waals surface area contributed by atoms with Crippen molar-refractivity contribution in [2.24, 2.45) is 0 Å². The number of thioether (sulfide) groups is 1. The highest BCUT2D eigenvalue weighted by molar-refractivity contribution is 8.00. The standard InChI is InChI=1S/C14H11ClF3NOS/c15-12-7-10(3-6-13(12)19)20-8-9-1-4-11(5-2-9)21-14(16,17)18/h1-7H,8,19H2. The van der Waals surface area contributed by atoms with Gasteiger partial charge in [-0.05, 0) is 41.6 Å². The quantitative estimate of drug-likeness (QED) is 0.623. The molecule has 0 saturated heterocycles. The van der Waals surface area contributed by atoms with Crippen molar-refractivity contribution in [2.45, 2.75) is 17.0 Å². The number of alkyl halides is 3. The molecule has 2 aromatic carbocycles. The molecule has 7 heteroatoms. The first-order valence-electron chi connectivity index (χ1n) is 5.86. The molecule has 0 aliphatic rings. The number of ether oxygens (including phenoxy) is 1. The summed E-state index contributed by atoms with van der Waals surface area (Å²) in [5, 5.41) is 0.393. The van der Waals surface area contributed by atoms with Crippen LogP contribution in [0, 0.1) is 0 Å². The summed E-state index contributed by atoms with van der Waals surface area (Å²) in [4.78, 5) is 0.141. The van der Waals surface area contributed by atoms with Crippen LogP contribution in [0.3, 0.4) is 0 Å². The lowest BCUT2D eigenvalue weighted by Gasteiger charge is -2.09. The van der Waals surface area contributed by atoms with E-state index >= 15 is 0 Å². The summed E-state index contributed by atoms with van der Waals surface area (Å²) in [5.41, 5.74) is 2.52. The highest BCUT2D eigenvalue weighted by Gasteiger charge is 2.28. The number of hydrogen-bond donors (Lipinski definition) is 1. The highest BCUT2D eigenvalue weighted by Crippen LogP contribution is 2.36. The number of rotatable bonds is 4. The van der Waals surface area contributed by atoms with E-state index in [-0.39, 0.29) is 23.3 Å². The molecule has 0 amide bonds. The molecule has 2 aromatic rings. The van der Waals surface area contributed by atoms with Crippen molar-refractivity contribution in [1.29, 1.82) is 0 Å². The fraction of sp³-hybridized carbons (Fsp3) is 0.143. The molecule has 2 N–H and O–H groups in total. The third kappa shape index (κ3) is 5.06. The molecule has 0 heterocycles. The van der Waals surface area contributed by atoms with Crippen molar-refractivity contribution in [2.75, 3.05) is 5.73 Å². The average Bonchev–Trinajstić information content (AvgIpc) is 2.40. The van der Waals surface area contributed by atoms with Crippen molar-refractivity contribution in [3.05, 3.63) is 53.1 Å². The van der Waals surface area contributed by atoms with Gasteiger partial charge in [-0.1, -0.05) is 23.7 Å². The van der Waals surface area contributed by atoms with Crippen LogP contribution < -0.4 is 10.5 Å². The van der Waals surface area contributed by atoms with Gasteiger partial charge < -0.3 is 10.5 Å². The Balaban J connectivity index is 1.96. The molecule has 0 spiro atoms. The fourth-order valence-electron chi connectivity index (χ4n) is 1.55. The van der Waals surface area contributed by atoms with E-state index in [1.807, 2.05) is 0 Å². The van der Waals surface area contributed by atoms with E-state index < -0.39 is 5.51 Å². The zero-order chi connectivity index (χ0) is 15.5. The maximum absolute atomic E-state index is 12.2. The van der Waals surface area contributed by atoms with Crippen LogP contribution >= 0.6 is 23.4 Å². The van der Waals surface area contributed by atoms with E-state index in [1.165, 1.54) is 12.1 Å². The lowest BCUT2D eigenvalue weighted by atomic mass is 10.2. The van der Waals surface area contributed by atoms with Gasteiger partial charge in [-0.15, -0.1) is 0 Å². The molecule has 0 aromatic heterocycles. The molecule has 2 rings (SSSR count). The molecule has 0 radical (unpaired) electrons. The summed E-state index contributed by atoms with van der Waals surface area (Å²) in [6.45, 7) is 0.233. The van der Waals surface area contributed by atoms with Crippen molar-refractivity contribution in [1.82, 2.24) is 0 Å². The van der Waals surface area contributed by atoms with E-state index in [1.54, 1.807) is 30.3 Å². The van der Waals surface area contributed by atoms with Crippen molar-refractivity contribution in [3.63, 3.8) is 0 Å². The molecule has 0 aliphatic heterocycles. The first-order valence-corrected chi connectivity index (χ1v) is 7.05. The van der Waals surface area contributed by atoms with Crippen LogP contribution in [0.15, 0.2) is 47.4 Å². The van der Waals surface area contributed by atoms with Crippen molar-refractivity contribution < 1.29 is 17.9 Å². The Kier molecular flexibility index (Phi) is 4.90.